The molecule has 180 valence electrons. The van der Waals surface area contributed by atoms with Crippen molar-refractivity contribution < 1.29 is 32.2 Å². The van der Waals surface area contributed by atoms with Crippen LogP contribution in [0.3, 0.4) is 0 Å². The summed E-state index contributed by atoms with van der Waals surface area (Å²) in [5.41, 5.74) is 1.12. The van der Waals surface area contributed by atoms with E-state index in [2.05, 4.69) is 15.3 Å². The number of carbonyl (C=O) groups excluding carboxylic acids is 2. The van der Waals surface area contributed by atoms with Gasteiger partial charge >= 0.3 is 6.18 Å². The van der Waals surface area contributed by atoms with Crippen molar-refractivity contribution in [1.29, 1.82) is 0 Å². The van der Waals surface area contributed by atoms with Gasteiger partial charge in [-0.1, -0.05) is 12.1 Å². The molecule has 1 aliphatic heterocycles. The van der Waals surface area contributed by atoms with Gasteiger partial charge in [0.25, 0.3) is 0 Å². The van der Waals surface area contributed by atoms with E-state index in [1.165, 1.54) is 6.07 Å². The average molecular weight is 483 g/mol. The molecule has 0 amide bonds. The molecule has 0 saturated carbocycles. The van der Waals surface area contributed by atoms with Crippen molar-refractivity contribution in [2.75, 3.05) is 12.1 Å². The minimum absolute atomic E-state index is 0.0371. The Morgan fingerprint density at radius 3 is 2.63 bits per heavy atom. The molecule has 2 aliphatic rings. The zero-order valence-corrected chi connectivity index (χ0v) is 18.4. The molecule has 0 fully saturated rings. The summed E-state index contributed by atoms with van der Waals surface area (Å²) in [6, 6.07) is 10.3. The second-order valence-corrected chi connectivity index (χ2v) is 8.62. The standard InChI is InChI=1S/C25H20F3N3O4/c26-25(27,28)13-24(7-8-32)6-5-15-9-16(1-3-18(15)23(24)33)19-11-30-22(12-29-19)31-17-2-4-20-21(10-17)35-14-34-20/h1-4,8-12H,5-7,13-14H2,(H,30,31). The predicted octanol–water partition coefficient (Wildman–Crippen LogP) is 5.27. The minimum atomic E-state index is -4.54. The van der Waals surface area contributed by atoms with E-state index in [0.717, 1.165) is 5.69 Å². The molecule has 0 spiro atoms. The van der Waals surface area contributed by atoms with Crippen LogP contribution in [0.25, 0.3) is 11.3 Å². The van der Waals surface area contributed by atoms with E-state index in [4.69, 9.17) is 9.47 Å². The van der Waals surface area contributed by atoms with Gasteiger partial charge in [-0.3, -0.25) is 9.78 Å². The molecule has 0 bridgehead atoms. The number of nitrogens with zero attached hydrogens (tertiary/aromatic N) is 2. The Balaban J connectivity index is 1.35. The number of anilines is 2. The lowest BCUT2D eigenvalue weighted by Crippen LogP contribution is -2.40. The molecule has 2 heterocycles. The number of aryl methyl sites for hydroxylation is 1. The number of aldehydes is 1. The van der Waals surface area contributed by atoms with E-state index in [1.54, 1.807) is 36.7 Å². The Labute approximate surface area is 198 Å². The number of hydrogen-bond donors (Lipinski definition) is 1. The average Bonchev–Trinajstić information content (AvgIpc) is 3.29. The number of hydrogen-bond acceptors (Lipinski definition) is 7. The molecule has 10 heteroatoms. The zero-order chi connectivity index (χ0) is 24.6. The van der Waals surface area contributed by atoms with Gasteiger partial charge in [0.2, 0.25) is 6.79 Å². The third kappa shape index (κ3) is 4.55. The molecular weight excluding hydrogens is 463 g/mol. The zero-order valence-electron chi connectivity index (χ0n) is 18.4. The Morgan fingerprint density at radius 2 is 1.89 bits per heavy atom. The largest absolute Gasteiger partial charge is 0.454 e. The first-order valence-corrected chi connectivity index (χ1v) is 10.9. The van der Waals surface area contributed by atoms with Gasteiger partial charge in [0.15, 0.2) is 17.3 Å². The summed E-state index contributed by atoms with van der Waals surface area (Å²) in [6.07, 6.45) is -2.54. The Kier molecular flexibility index (Phi) is 5.66. The Bertz CT molecular complexity index is 1290. The van der Waals surface area contributed by atoms with Crippen molar-refractivity contribution in [1.82, 2.24) is 9.97 Å². The Morgan fingerprint density at radius 1 is 1.06 bits per heavy atom. The second-order valence-electron chi connectivity index (χ2n) is 8.62. The molecule has 2 aromatic carbocycles. The van der Waals surface area contributed by atoms with E-state index in [-0.39, 0.29) is 25.2 Å². The summed E-state index contributed by atoms with van der Waals surface area (Å²) < 4.78 is 50.2. The summed E-state index contributed by atoms with van der Waals surface area (Å²) in [7, 11) is 0. The number of ether oxygens (including phenoxy) is 2. The van der Waals surface area contributed by atoms with Gasteiger partial charge in [0, 0.05) is 34.7 Å². The lowest BCUT2D eigenvalue weighted by atomic mass is 9.66. The quantitative estimate of drug-likeness (QED) is 0.478. The van der Waals surface area contributed by atoms with Gasteiger partial charge in [-0.25, -0.2) is 4.98 Å². The van der Waals surface area contributed by atoms with Crippen molar-refractivity contribution in [3.63, 3.8) is 0 Å². The van der Waals surface area contributed by atoms with Crippen LogP contribution in [0.5, 0.6) is 11.5 Å². The number of benzene rings is 2. The van der Waals surface area contributed by atoms with E-state index in [1.807, 2.05) is 6.07 Å². The van der Waals surface area contributed by atoms with Crippen LogP contribution in [0.15, 0.2) is 48.8 Å². The normalized spacial score (nSPS) is 18.8. The smallest absolute Gasteiger partial charge is 0.390 e. The SMILES string of the molecule is O=CCC1(CC(F)(F)F)CCc2cc(-c3cnc(Nc4ccc5c(c4)OCO5)cn3)ccc2C1=O. The lowest BCUT2D eigenvalue weighted by molar-refractivity contribution is -0.155. The van der Waals surface area contributed by atoms with Crippen LogP contribution in [0.4, 0.5) is 24.7 Å². The highest BCUT2D eigenvalue weighted by molar-refractivity contribution is 6.04. The van der Waals surface area contributed by atoms with Gasteiger partial charge in [-0.2, -0.15) is 13.2 Å². The number of aromatic nitrogens is 2. The predicted molar refractivity (Wildman–Crippen MR) is 120 cm³/mol. The molecule has 1 unspecified atom stereocenters. The molecule has 7 nitrogen and oxygen atoms in total. The lowest BCUT2D eigenvalue weighted by Gasteiger charge is -2.36. The van der Waals surface area contributed by atoms with Crippen LogP contribution in [-0.4, -0.2) is 35.0 Å². The molecule has 0 radical (unpaired) electrons. The highest BCUT2D eigenvalue weighted by Gasteiger charge is 2.49. The van der Waals surface area contributed by atoms with Crippen molar-refractivity contribution in [3.8, 4) is 22.8 Å². The maximum absolute atomic E-state index is 13.2. The fraction of sp³-hybridized carbons (Fsp3) is 0.280. The van der Waals surface area contributed by atoms with Crippen LogP contribution in [-0.2, 0) is 11.2 Å². The fourth-order valence-corrected chi connectivity index (χ4v) is 4.60. The molecule has 0 saturated heterocycles. The molecule has 1 aromatic heterocycles. The maximum Gasteiger partial charge on any atom is 0.390 e. The summed E-state index contributed by atoms with van der Waals surface area (Å²) in [5, 5.41) is 3.13. The molecule has 1 N–H and O–H groups in total. The molecule has 1 atom stereocenters. The number of carbonyl (C=O) groups is 2. The summed E-state index contributed by atoms with van der Waals surface area (Å²) >= 11 is 0. The van der Waals surface area contributed by atoms with Crippen molar-refractivity contribution in [3.05, 3.63) is 59.9 Å². The fourth-order valence-electron chi connectivity index (χ4n) is 4.60. The maximum atomic E-state index is 13.2. The molecule has 3 aromatic rings. The minimum Gasteiger partial charge on any atom is -0.454 e. The van der Waals surface area contributed by atoms with Gasteiger partial charge in [-0.15, -0.1) is 0 Å². The van der Waals surface area contributed by atoms with E-state index < -0.39 is 30.2 Å². The van der Waals surface area contributed by atoms with Crippen LogP contribution in [0.2, 0.25) is 0 Å². The third-order valence-electron chi connectivity index (χ3n) is 6.31. The molecule has 35 heavy (non-hydrogen) atoms. The summed E-state index contributed by atoms with van der Waals surface area (Å²) in [4.78, 5) is 32.9. The van der Waals surface area contributed by atoms with Gasteiger partial charge in [-0.05, 0) is 36.6 Å². The number of fused-ring (bicyclic) bond motifs is 2. The van der Waals surface area contributed by atoms with Crippen LogP contribution in [0, 0.1) is 5.41 Å². The topological polar surface area (TPSA) is 90.4 Å². The third-order valence-corrected chi connectivity index (χ3v) is 6.31. The molecule has 1 aliphatic carbocycles. The first kappa shape index (κ1) is 22.8. The van der Waals surface area contributed by atoms with Crippen LogP contribution < -0.4 is 14.8 Å². The monoisotopic (exact) mass is 483 g/mol. The van der Waals surface area contributed by atoms with Crippen LogP contribution >= 0.6 is 0 Å². The van der Waals surface area contributed by atoms with E-state index >= 15 is 0 Å². The Hall–Kier alpha value is -3.95. The number of rotatable bonds is 6. The highest BCUT2D eigenvalue weighted by Crippen LogP contribution is 2.46. The highest BCUT2D eigenvalue weighted by atomic mass is 19.4. The van der Waals surface area contributed by atoms with Gasteiger partial charge < -0.3 is 19.6 Å². The number of alkyl halides is 3. The van der Waals surface area contributed by atoms with Crippen molar-refractivity contribution >= 4 is 23.6 Å². The first-order chi connectivity index (χ1) is 16.8. The first-order valence-electron chi connectivity index (χ1n) is 10.9. The van der Waals surface area contributed by atoms with E-state index in [0.29, 0.717) is 40.4 Å². The van der Waals surface area contributed by atoms with Crippen LogP contribution in [0.1, 0.15) is 35.2 Å². The molecular formula is C25H20F3N3O4. The number of ketones is 1. The van der Waals surface area contributed by atoms with Crippen molar-refractivity contribution in [2.24, 2.45) is 5.41 Å². The number of Topliss-reactive ketones (excluding diaryl/α,β-unsaturated/α-hetero) is 1. The molecule has 5 rings (SSSR count). The summed E-state index contributed by atoms with van der Waals surface area (Å²) in [6.45, 7) is 0.181. The van der Waals surface area contributed by atoms with E-state index in [9.17, 15) is 22.8 Å². The number of nitrogens with one attached hydrogen (secondary N) is 1. The number of halogens is 3. The van der Waals surface area contributed by atoms with Gasteiger partial charge in [0.1, 0.15) is 12.1 Å². The van der Waals surface area contributed by atoms with Gasteiger partial charge in [0.05, 0.1) is 24.5 Å². The summed E-state index contributed by atoms with van der Waals surface area (Å²) in [5.74, 6) is 1.18. The second kappa shape index (κ2) is 8.68. The van der Waals surface area contributed by atoms with Crippen molar-refractivity contribution in [2.45, 2.75) is 31.9 Å².